The van der Waals surface area contributed by atoms with E-state index in [-0.39, 0.29) is 6.54 Å². The number of nitrogens with zero attached hydrogens (tertiary/aromatic N) is 2. The van der Waals surface area contributed by atoms with Crippen molar-refractivity contribution in [2.24, 2.45) is 5.41 Å². The van der Waals surface area contributed by atoms with Crippen LogP contribution in [-0.4, -0.2) is 60.7 Å². The highest BCUT2D eigenvalue weighted by Crippen LogP contribution is 2.43. The van der Waals surface area contributed by atoms with Crippen LogP contribution in [0.1, 0.15) is 41.0 Å². The molecule has 0 saturated carbocycles. The molecular formula is C16H27F3N2O5S2. The van der Waals surface area contributed by atoms with Gasteiger partial charge in [0.25, 0.3) is 0 Å². The summed E-state index contributed by atoms with van der Waals surface area (Å²) in [6, 6.07) is 0. The van der Waals surface area contributed by atoms with E-state index >= 15 is 0 Å². The van der Waals surface area contributed by atoms with Gasteiger partial charge < -0.3 is 8.92 Å². The number of ether oxygens (including phenoxy) is 1. The maximum atomic E-state index is 12.7. The van der Waals surface area contributed by atoms with E-state index in [4.69, 9.17) is 4.74 Å². The molecule has 0 N–H and O–H groups in total. The fourth-order valence-electron chi connectivity index (χ4n) is 2.62. The molecule has 2 heterocycles. The molecule has 164 valence electrons. The molecule has 28 heavy (non-hydrogen) atoms. The first-order valence-electron chi connectivity index (χ1n) is 8.71. The van der Waals surface area contributed by atoms with Gasteiger partial charge in [0.2, 0.25) is 5.88 Å². The molecule has 12 heteroatoms. The molecule has 0 atom stereocenters. The highest BCUT2D eigenvalue weighted by Gasteiger charge is 2.52. The van der Waals surface area contributed by atoms with Crippen LogP contribution in [0.2, 0.25) is 0 Å². The molecular weight excluding hydrogens is 421 g/mol. The summed E-state index contributed by atoms with van der Waals surface area (Å²) < 4.78 is 72.4. The lowest BCUT2D eigenvalue weighted by atomic mass is 9.77. The Bertz CT molecular complexity index is 696. The number of halogens is 3. The maximum absolute atomic E-state index is 12.7. The Labute approximate surface area is 168 Å². The molecule has 0 radical (unpaired) electrons. The molecule has 1 fully saturated rings. The summed E-state index contributed by atoms with van der Waals surface area (Å²) >= 11 is 1.47. The molecule has 0 aromatic rings. The maximum Gasteiger partial charge on any atom is 0.534 e. The Morgan fingerprint density at radius 3 is 2.18 bits per heavy atom. The van der Waals surface area contributed by atoms with Crippen LogP contribution in [0.25, 0.3) is 0 Å². The first-order valence-corrected chi connectivity index (χ1v) is 11.3. The average Bonchev–Trinajstić information content (AvgIpc) is 2.51. The van der Waals surface area contributed by atoms with E-state index in [2.05, 4.69) is 4.18 Å². The van der Waals surface area contributed by atoms with Crippen molar-refractivity contribution in [1.82, 2.24) is 9.21 Å². The van der Waals surface area contributed by atoms with E-state index in [0.717, 1.165) is 4.90 Å². The van der Waals surface area contributed by atoms with Crippen molar-refractivity contribution in [1.29, 1.82) is 0 Å². The van der Waals surface area contributed by atoms with E-state index in [9.17, 15) is 26.4 Å². The molecule has 7 nitrogen and oxygen atoms in total. The second kappa shape index (κ2) is 8.70. The first-order chi connectivity index (χ1) is 12.7. The van der Waals surface area contributed by atoms with E-state index in [1.807, 2.05) is 24.4 Å². The molecule has 2 aliphatic heterocycles. The van der Waals surface area contributed by atoms with Crippen LogP contribution in [0.15, 0.2) is 12.0 Å². The van der Waals surface area contributed by atoms with Crippen molar-refractivity contribution in [3.05, 3.63) is 12.0 Å². The minimum atomic E-state index is -5.90. The lowest BCUT2D eigenvalue weighted by molar-refractivity contribution is -0.0553. The van der Waals surface area contributed by atoms with Crippen LogP contribution in [0.3, 0.4) is 0 Å². The third-order valence-corrected chi connectivity index (χ3v) is 5.59. The van der Waals surface area contributed by atoms with Gasteiger partial charge in [-0.1, -0.05) is 25.8 Å². The second-order valence-corrected chi connectivity index (χ2v) is 9.61. The monoisotopic (exact) mass is 448 g/mol. The third kappa shape index (κ3) is 5.93. The van der Waals surface area contributed by atoms with Crippen molar-refractivity contribution in [2.75, 3.05) is 25.9 Å². The summed E-state index contributed by atoms with van der Waals surface area (Å²) in [4.78, 5) is 13.1. The quantitative estimate of drug-likeness (QED) is 0.368. The van der Waals surface area contributed by atoms with Crippen LogP contribution in [0, 0.1) is 5.41 Å². The van der Waals surface area contributed by atoms with E-state index in [1.54, 1.807) is 20.8 Å². The van der Waals surface area contributed by atoms with Gasteiger partial charge in [-0.05, 0) is 39.5 Å². The number of carbonyl (C=O) groups is 1. The van der Waals surface area contributed by atoms with Crippen molar-refractivity contribution in [2.45, 2.75) is 52.1 Å². The standard InChI is InChI=1S/C14H21F3N2O5S2.C2H6/c1-12(2,3)23-11(20)19-6-5-13(8-18(9-13)25-4)7-10(19)24-26(21,22)14(15,16)17;1-2/h7H,5-6,8-9H2,1-4H3;1-2H3. The van der Waals surface area contributed by atoms with Crippen LogP contribution in [0.4, 0.5) is 18.0 Å². The van der Waals surface area contributed by atoms with Gasteiger partial charge in [0.05, 0.1) is 0 Å². The Morgan fingerprint density at radius 1 is 1.21 bits per heavy atom. The zero-order valence-corrected chi connectivity index (χ0v) is 18.4. The second-order valence-electron chi connectivity index (χ2n) is 7.19. The minimum absolute atomic E-state index is 0.00363. The fourth-order valence-corrected chi connectivity index (χ4v) is 3.85. The zero-order chi connectivity index (χ0) is 22.0. The van der Waals surface area contributed by atoms with Gasteiger partial charge in [0, 0.05) is 25.0 Å². The average molecular weight is 449 g/mol. The molecule has 1 spiro atoms. The Morgan fingerprint density at radius 2 is 1.75 bits per heavy atom. The summed E-state index contributed by atoms with van der Waals surface area (Å²) in [7, 11) is -5.90. The van der Waals surface area contributed by atoms with Gasteiger partial charge in [0.1, 0.15) is 5.60 Å². The summed E-state index contributed by atoms with van der Waals surface area (Å²) in [5.41, 5.74) is -7.02. The number of hydrogen-bond donors (Lipinski definition) is 0. The molecule has 1 saturated heterocycles. The largest absolute Gasteiger partial charge is 0.534 e. The van der Waals surface area contributed by atoms with Gasteiger partial charge in [-0.15, -0.1) is 0 Å². The molecule has 0 unspecified atom stereocenters. The predicted octanol–water partition coefficient (Wildman–Crippen LogP) is 3.94. The van der Waals surface area contributed by atoms with Gasteiger partial charge >= 0.3 is 21.7 Å². The molecule has 0 aromatic heterocycles. The predicted molar refractivity (Wildman–Crippen MR) is 101 cm³/mol. The van der Waals surface area contributed by atoms with Crippen LogP contribution in [0.5, 0.6) is 0 Å². The van der Waals surface area contributed by atoms with Crippen LogP contribution in [-0.2, 0) is 19.0 Å². The number of hydrogen-bond acceptors (Lipinski definition) is 7. The van der Waals surface area contributed by atoms with Gasteiger partial charge in [-0.3, -0.25) is 0 Å². The van der Waals surface area contributed by atoms with Crippen molar-refractivity contribution in [3.8, 4) is 0 Å². The lowest BCUT2D eigenvalue weighted by Crippen LogP contribution is -2.56. The topological polar surface area (TPSA) is 76.2 Å². The molecule has 0 bridgehead atoms. The lowest BCUT2D eigenvalue weighted by Gasteiger charge is -2.50. The molecule has 2 aliphatic rings. The van der Waals surface area contributed by atoms with E-state index in [1.165, 1.54) is 18.0 Å². The number of amides is 1. The normalized spacial score (nSPS) is 19.9. The molecule has 2 rings (SSSR count). The molecule has 0 aliphatic carbocycles. The number of rotatable bonds is 3. The fraction of sp³-hybridized carbons (Fsp3) is 0.812. The van der Waals surface area contributed by atoms with Crippen molar-refractivity contribution >= 4 is 28.2 Å². The Balaban J connectivity index is 0.00000190. The number of carbonyl (C=O) groups excluding carboxylic acids is 1. The van der Waals surface area contributed by atoms with E-state index in [0.29, 0.717) is 19.5 Å². The minimum Gasteiger partial charge on any atom is -0.443 e. The first kappa shape index (κ1) is 24.9. The third-order valence-electron chi connectivity index (χ3n) is 3.86. The van der Waals surface area contributed by atoms with Gasteiger partial charge in [0.15, 0.2) is 0 Å². The van der Waals surface area contributed by atoms with Crippen molar-refractivity contribution in [3.63, 3.8) is 0 Å². The highest BCUT2D eigenvalue weighted by atomic mass is 32.2. The summed E-state index contributed by atoms with van der Waals surface area (Å²) in [6.45, 7) is 9.82. The Hall–Kier alpha value is -1.14. The van der Waals surface area contributed by atoms with Crippen LogP contribution >= 0.6 is 11.9 Å². The SMILES string of the molecule is CC.CSN1CC2(C=C(OS(=O)(=O)C(F)(F)F)N(C(=O)OC(C)(C)C)CC2)C1. The van der Waals surface area contributed by atoms with Crippen LogP contribution < -0.4 is 0 Å². The van der Waals surface area contributed by atoms with Gasteiger partial charge in [-0.2, -0.15) is 21.6 Å². The van der Waals surface area contributed by atoms with Gasteiger partial charge in [-0.25, -0.2) is 14.0 Å². The highest BCUT2D eigenvalue weighted by molar-refractivity contribution is 7.96. The summed E-state index contributed by atoms with van der Waals surface area (Å²) in [5.74, 6) is -0.663. The van der Waals surface area contributed by atoms with Crippen molar-refractivity contribution < 1.29 is 35.3 Å². The molecule has 0 aromatic carbocycles. The Kier molecular flexibility index (Phi) is 7.74. The smallest absolute Gasteiger partial charge is 0.443 e. The zero-order valence-electron chi connectivity index (χ0n) is 16.8. The summed E-state index contributed by atoms with van der Waals surface area (Å²) in [6.07, 6.45) is 2.65. The molecule has 1 amide bonds. The number of alkyl halides is 3. The van der Waals surface area contributed by atoms with E-state index < -0.39 is 38.6 Å². The summed E-state index contributed by atoms with van der Waals surface area (Å²) in [5, 5.41) is 0.